The fraction of sp³-hybridized carbons (Fsp3) is 0.368. The molecule has 1 unspecified atom stereocenters. The largest absolute Gasteiger partial charge is 0.573 e. The lowest BCUT2D eigenvalue weighted by Crippen LogP contribution is -2.53. The van der Waals surface area contributed by atoms with Crippen LogP contribution in [0, 0.1) is 0 Å². The van der Waals surface area contributed by atoms with E-state index in [0.717, 1.165) is 11.1 Å². The predicted octanol–water partition coefficient (Wildman–Crippen LogP) is 9.80. The van der Waals surface area contributed by atoms with Crippen molar-refractivity contribution in [2.75, 3.05) is 26.3 Å². The van der Waals surface area contributed by atoms with E-state index >= 15 is 0 Å². The Hall–Kier alpha value is -3.72. The topological polar surface area (TPSA) is 58.6 Å². The molecule has 0 amide bonds. The first-order valence-electron chi connectivity index (χ1n) is 16.6. The zero-order chi connectivity index (χ0) is 37.8. The fourth-order valence-electron chi connectivity index (χ4n) is 5.79. The van der Waals surface area contributed by atoms with E-state index in [1.54, 1.807) is 4.90 Å². The Bertz CT molecular complexity index is 1590. The number of halogens is 8. The molecule has 7 nitrogen and oxygen atoms in total. The second kappa shape index (κ2) is 19.0. The molecule has 0 spiro atoms. The third kappa shape index (κ3) is 13.6. The number of benzene rings is 4. The molecular weight excluding hydrogens is 751 g/mol. The van der Waals surface area contributed by atoms with Gasteiger partial charge in [-0.25, -0.2) is 0 Å². The molecule has 1 aliphatic heterocycles. The molecule has 1 heterocycles. The third-order valence-corrected chi connectivity index (χ3v) is 8.78. The van der Waals surface area contributed by atoms with Crippen molar-refractivity contribution in [2.45, 2.75) is 62.1 Å². The number of ether oxygens (including phenoxy) is 6. The Kier molecular flexibility index (Phi) is 14.5. The van der Waals surface area contributed by atoms with E-state index in [2.05, 4.69) is 9.47 Å². The number of rotatable bonds is 17. The van der Waals surface area contributed by atoms with Gasteiger partial charge in [-0.1, -0.05) is 89.9 Å². The first-order valence-corrected chi connectivity index (χ1v) is 17.5. The average Bonchev–Trinajstić information content (AvgIpc) is 3.11. The molecule has 5 rings (SSSR count). The number of hydrogen-bond donors (Lipinski definition) is 0. The lowest BCUT2D eigenvalue weighted by atomic mass is 9.84. The summed E-state index contributed by atoms with van der Waals surface area (Å²) < 4.78 is 108. The van der Waals surface area contributed by atoms with Crippen LogP contribution in [0.4, 0.5) is 26.3 Å². The van der Waals surface area contributed by atoms with E-state index in [9.17, 15) is 26.3 Å². The van der Waals surface area contributed by atoms with Crippen molar-refractivity contribution in [3.63, 3.8) is 0 Å². The first-order chi connectivity index (χ1) is 25.3. The lowest BCUT2D eigenvalue weighted by molar-refractivity contribution is -0.275. The van der Waals surface area contributed by atoms with Crippen molar-refractivity contribution >= 4 is 23.2 Å². The van der Waals surface area contributed by atoms with E-state index in [1.807, 2.05) is 54.6 Å². The summed E-state index contributed by atoms with van der Waals surface area (Å²) in [6, 6.07) is 28.1. The summed E-state index contributed by atoms with van der Waals surface area (Å²) in [5, 5.41) is 0. The Morgan fingerprint density at radius 3 is 1.53 bits per heavy atom. The van der Waals surface area contributed by atoms with Crippen molar-refractivity contribution in [1.29, 1.82) is 0 Å². The van der Waals surface area contributed by atoms with Gasteiger partial charge in [-0.3, -0.25) is 4.90 Å². The molecule has 1 aliphatic rings. The number of nitrogens with zero attached hydrogens (tertiary/aromatic N) is 1. The molecule has 53 heavy (non-hydrogen) atoms. The molecule has 0 N–H and O–H groups in total. The normalized spacial score (nSPS) is 18.2. The van der Waals surface area contributed by atoms with Gasteiger partial charge in [0.15, 0.2) is 4.96 Å². The highest BCUT2D eigenvalue weighted by molar-refractivity contribution is 6.43. The summed E-state index contributed by atoms with van der Waals surface area (Å²) in [7, 11) is 0. The number of alkyl halides is 8. The standard InChI is InChI=1S/C38H37Cl2F6NO6/c39-36(40)47-21-33(50-24-27-7-13-31(14-8-27)52-37(41,42)43)35(34(22-47)51-25-28-9-15-32(16-10-28)53-38(44,45)46)29-11-17-30(18-12-29)49-20-4-19-48-23-26-5-2-1-3-6-26/h1-3,5-18,33-36H,4,19-25H2/t33-,34+,35?. The monoisotopic (exact) mass is 787 g/mol. The highest BCUT2D eigenvalue weighted by Crippen LogP contribution is 2.37. The minimum absolute atomic E-state index is 0.0392. The van der Waals surface area contributed by atoms with Crippen molar-refractivity contribution < 1.29 is 54.8 Å². The average molecular weight is 789 g/mol. The minimum atomic E-state index is -4.82. The van der Waals surface area contributed by atoms with E-state index in [4.69, 9.17) is 42.1 Å². The molecule has 15 heteroatoms. The Labute approximate surface area is 313 Å². The lowest BCUT2D eigenvalue weighted by Gasteiger charge is -2.44. The van der Waals surface area contributed by atoms with E-state index in [1.165, 1.54) is 48.5 Å². The smallest absolute Gasteiger partial charge is 0.494 e. The maximum atomic E-state index is 12.7. The van der Waals surface area contributed by atoms with Gasteiger partial charge >= 0.3 is 12.7 Å². The summed E-state index contributed by atoms with van der Waals surface area (Å²) in [4.78, 5) is 0.838. The first kappa shape index (κ1) is 40.5. The summed E-state index contributed by atoms with van der Waals surface area (Å²) in [6.07, 6.45) is -10.1. The van der Waals surface area contributed by atoms with Crippen molar-refractivity contribution in [3.8, 4) is 17.2 Å². The number of likely N-dealkylation sites (tertiary alicyclic amines) is 1. The predicted molar refractivity (Wildman–Crippen MR) is 186 cm³/mol. The van der Waals surface area contributed by atoms with Crippen molar-refractivity contribution in [3.05, 3.63) is 125 Å². The van der Waals surface area contributed by atoms with E-state index in [0.29, 0.717) is 56.2 Å². The molecule has 1 fully saturated rings. The second-order valence-corrected chi connectivity index (χ2v) is 13.2. The van der Waals surface area contributed by atoms with Crippen LogP contribution >= 0.6 is 23.2 Å². The van der Waals surface area contributed by atoms with Gasteiger partial charge in [-0.2, -0.15) is 0 Å². The fourth-order valence-corrected chi connectivity index (χ4v) is 6.11. The van der Waals surface area contributed by atoms with Crippen LogP contribution in [0.3, 0.4) is 0 Å². The Morgan fingerprint density at radius 2 is 1.06 bits per heavy atom. The second-order valence-electron chi connectivity index (χ2n) is 12.1. The Balaban J connectivity index is 1.28. The van der Waals surface area contributed by atoms with Gasteiger partial charge in [0.05, 0.1) is 45.2 Å². The molecule has 0 aliphatic carbocycles. The Morgan fingerprint density at radius 1 is 0.585 bits per heavy atom. The van der Waals surface area contributed by atoms with Gasteiger partial charge < -0.3 is 28.4 Å². The minimum Gasteiger partial charge on any atom is -0.494 e. The van der Waals surface area contributed by atoms with E-state index < -0.39 is 29.9 Å². The molecule has 4 aromatic carbocycles. The molecule has 286 valence electrons. The molecular formula is C38H37Cl2F6NO6. The van der Waals surface area contributed by atoms with Crippen LogP contribution in [0.25, 0.3) is 0 Å². The zero-order valence-corrected chi connectivity index (χ0v) is 29.7. The SMILES string of the molecule is FC(F)(F)Oc1ccc(CO[C@H]2CN(C(Cl)Cl)C[C@@H](OCc3ccc(OC(F)(F)F)cc3)C2c2ccc(OCCCOCc3ccccc3)cc2)cc1. The van der Waals surface area contributed by atoms with Crippen LogP contribution in [0.2, 0.25) is 0 Å². The quantitative estimate of drug-likeness (QED) is 0.0457. The van der Waals surface area contributed by atoms with Crippen LogP contribution in [-0.2, 0) is 34.0 Å². The van der Waals surface area contributed by atoms with Crippen molar-refractivity contribution in [2.24, 2.45) is 0 Å². The van der Waals surface area contributed by atoms with Gasteiger partial charge in [0.1, 0.15) is 17.2 Å². The molecule has 4 aromatic rings. The van der Waals surface area contributed by atoms with Gasteiger partial charge in [0.2, 0.25) is 0 Å². The summed E-state index contributed by atoms with van der Waals surface area (Å²) in [5.41, 5.74) is 3.13. The highest BCUT2D eigenvalue weighted by atomic mass is 35.5. The zero-order valence-electron chi connectivity index (χ0n) is 28.2. The molecule has 0 bridgehead atoms. The van der Waals surface area contributed by atoms with Gasteiger partial charge in [-0.05, 0) is 58.7 Å². The number of hydrogen-bond acceptors (Lipinski definition) is 7. The van der Waals surface area contributed by atoms with E-state index in [-0.39, 0.29) is 30.6 Å². The van der Waals surface area contributed by atoms with Crippen LogP contribution in [0.15, 0.2) is 103 Å². The molecule has 0 saturated carbocycles. The number of piperidine rings is 1. The van der Waals surface area contributed by atoms with Gasteiger partial charge in [0, 0.05) is 25.4 Å². The highest BCUT2D eigenvalue weighted by Gasteiger charge is 2.41. The van der Waals surface area contributed by atoms with Gasteiger partial charge in [-0.15, -0.1) is 26.3 Å². The van der Waals surface area contributed by atoms with Crippen molar-refractivity contribution in [1.82, 2.24) is 4.90 Å². The summed E-state index contributed by atoms with van der Waals surface area (Å²) in [5.74, 6) is -0.459. The maximum Gasteiger partial charge on any atom is 0.573 e. The molecule has 1 saturated heterocycles. The molecule has 0 aromatic heterocycles. The molecule has 3 atom stereocenters. The summed E-state index contributed by atoms with van der Waals surface area (Å²) >= 11 is 12.7. The van der Waals surface area contributed by atoms with Crippen LogP contribution in [0.1, 0.15) is 34.6 Å². The van der Waals surface area contributed by atoms with Gasteiger partial charge in [0.25, 0.3) is 0 Å². The van der Waals surface area contributed by atoms with Crippen LogP contribution in [0.5, 0.6) is 17.2 Å². The maximum absolute atomic E-state index is 12.7. The third-order valence-electron chi connectivity index (χ3n) is 8.23. The van der Waals surface area contributed by atoms with Crippen LogP contribution in [-0.4, -0.2) is 61.1 Å². The summed E-state index contributed by atoms with van der Waals surface area (Å²) in [6.45, 7) is 2.15. The molecule has 0 radical (unpaired) electrons. The van der Waals surface area contributed by atoms with Crippen LogP contribution < -0.4 is 14.2 Å².